The van der Waals surface area contributed by atoms with Gasteiger partial charge in [0.1, 0.15) is 0 Å². The lowest BCUT2D eigenvalue weighted by atomic mass is 10.2. The Bertz CT molecular complexity index is 588. The maximum Gasteiger partial charge on any atom is 0.336 e. The quantitative estimate of drug-likeness (QED) is 0.465. The van der Waals surface area contributed by atoms with Crippen LogP contribution in [-0.4, -0.2) is 39.3 Å². The lowest BCUT2D eigenvalue weighted by molar-refractivity contribution is 0.0695. The number of sulfonamides is 1. The van der Waals surface area contributed by atoms with Gasteiger partial charge in [0.05, 0.1) is 17.1 Å². The van der Waals surface area contributed by atoms with Gasteiger partial charge in [-0.2, -0.15) is 0 Å². The van der Waals surface area contributed by atoms with Gasteiger partial charge in [-0.05, 0) is 47.2 Å². The van der Waals surface area contributed by atoms with Gasteiger partial charge in [-0.25, -0.2) is 17.9 Å². The summed E-state index contributed by atoms with van der Waals surface area (Å²) in [6.45, 7) is 3.09. The van der Waals surface area contributed by atoms with Gasteiger partial charge in [0.25, 0.3) is 0 Å². The standard InChI is InChI=1S/C13H18INO5S/c1-2-3-7-20-8-6-15-21(18,19)10-4-5-12(14)11(9-10)13(16)17/h4-5,9,15H,2-3,6-8H2,1H3,(H,16,17). The summed E-state index contributed by atoms with van der Waals surface area (Å²) in [5.41, 5.74) is -0.0299. The molecule has 0 aliphatic carbocycles. The molecule has 8 heteroatoms. The molecular weight excluding hydrogens is 409 g/mol. The number of hydrogen-bond acceptors (Lipinski definition) is 4. The number of halogens is 1. The first kappa shape index (κ1) is 18.3. The van der Waals surface area contributed by atoms with Crippen molar-refractivity contribution in [2.45, 2.75) is 24.7 Å². The van der Waals surface area contributed by atoms with Crippen molar-refractivity contribution in [3.8, 4) is 0 Å². The summed E-state index contributed by atoms with van der Waals surface area (Å²) < 4.78 is 32.2. The first-order chi connectivity index (χ1) is 9.88. The average molecular weight is 427 g/mol. The summed E-state index contributed by atoms with van der Waals surface area (Å²) >= 11 is 1.85. The van der Waals surface area contributed by atoms with Crippen molar-refractivity contribution in [1.82, 2.24) is 4.72 Å². The molecule has 0 amide bonds. The minimum absolute atomic E-state index is 0.0299. The van der Waals surface area contributed by atoms with Gasteiger partial charge in [-0.15, -0.1) is 0 Å². The van der Waals surface area contributed by atoms with Gasteiger partial charge >= 0.3 is 5.97 Å². The third-order valence-corrected chi connectivity index (χ3v) is 5.06. The van der Waals surface area contributed by atoms with Crippen molar-refractivity contribution in [3.05, 3.63) is 27.3 Å². The molecule has 6 nitrogen and oxygen atoms in total. The number of hydrogen-bond donors (Lipinski definition) is 2. The Balaban J connectivity index is 2.66. The molecule has 21 heavy (non-hydrogen) atoms. The Kier molecular flexibility index (Phi) is 7.57. The fourth-order valence-electron chi connectivity index (χ4n) is 1.52. The first-order valence-corrected chi connectivity index (χ1v) is 9.05. The first-order valence-electron chi connectivity index (χ1n) is 6.48. The number of carbonyl (C=O) groups is 1. The van der Waals surface area contributed by atoms with E-state index in [1.54, 1.807) is 0 Å². The highest BCUT2D eigenvalue weighted by molar-refractivity contribution is 14.1. The Labute approximate surface area is 138 Å². The van der Waals surface area contributed by atoms with Gasteiger partial charge in [-0.1, -0.05) is 13.3 Å². The highest BCUT2D eigenvalue weighted by atomic mass is 127. The van der Waals surface area contributed by atoms with Gasteiger partial charge in [-0.3, -0.25) is 0 Å². The van der Waals surface area contributed by atoms with Crippen LogP contribution >= 0.6 is 22.6 Å². The molecule has 0 saturated heterocycles. The van der Waals surface area contributed by atoms with E-state index in [9.17, 15) is 13.2 Å². The zero-order chi connectivity index (χ0) is 15.9. The molecule has 1 aromatic carbocycles. The van der Waals surface area contributed by atoms with Crippen LogP contribution in [-0.2, 0) is 14.8 Å². The van der Waals surface area contributed by atoms with Crippen LogP contribution in [0.2, 0.25) is 0 Å². The second kappa shape index (κ2) is 8.66. The maximum atomic E-state index is 12.0. The largest absolute Gasteiger partial charge is 0.478 e. The second-order valence-corrected chi connectivity index (χ2v) is 7.24. The topological polar surface area (TPSA) is 92.7 Å². The van der Waals surface area contributed by atoms with Crippen molar-refractivity contribution >= 4 is 38.6 Å². The molecule has 0 unspecified atom stereocenters. The number of rotatable bonds is 9. The molecule has 1 rings (SSSR count). The highest BCUT2D eigenvalue weighted by Gasteiger charge is 2.17. The van der Waals surface area contributed by atoms with Crippen LogP contribution in [0.5, 0.6) is 0 Å². The van der Waals surface area contributed by atoms with Crippen molar-refractivity contribution in [1.29, 1.82) is 0 Å². The molecule has 0 radical (unpaired) electrons. The Morgan fingerprint density at radius 3 is 2.71 bits per heavy atom. The van der Waals surface area contributed by atoms with E-state index in [1.165, 1.54) is 12.1 Å². The minimum atomic E-state index is -3.72. The summed E-state index contributed by atoms with van der Waals surface area (Å²) in [5.74, 6) is -1.15. The monoisotopic (exact) mass is 427 g/mol. The number of benzene rings is 1. The van der Waals surface area contributed by atoms with Crippen LogP contribution in [0.3, 0.4) is 0 Å². The third kappa shape index (κ3) is 5.89. The summed E-state index contributed by atoms with van der Waals surface area (Å²) in [4.78, 5) is 11.0. The molecule has 0 aliphatic heterocycles. The van der Waals surface area contributed by atoms with E-state index < -0.39 is 16.0 Å². The zero-order valence-corrected chi connectivity index (χ0v) is 14.6. The molecule has 0 aliphatic rings. The van der Waals surface area contributed by atoms with Crippen molar-refractivity contribution in [3.63, 3.8) is 0 Å². The van der Waals surface area contributed by atoms with E-state index in [2.05, 4.69) is 4.72 Å². The van der Waals surface area contributed by atoms with Crippen molar-refractivity contribution in [2.24, 2.45) is 0 Å². The SMILES string of the molecule is CCCCOCCNS(=O)(=O)c1ccc(I)c(C(=O)O)c1. The molecule has 0 spiro atoms. The number of carboxylic acid groups (broad SMARTS) is 1. The Morgan fingerprint density at radius 2 is 2.10 bits per heavy atom. The molecule has 0 bridgehead atoms. The van der Waals surface area contributed by atoms with Gasteiger partial charge in [0.15, 0.2) is 0 Å². The fourth-order valence-corrected chi connectivity index (χ4v) is 3.12. The van der Waals surface area contributed by atoms with E-state index in [0.717, 1.165) is 18.9 Å². The van der Waals surface area contributed by atoms with Gasteiger partial charge < -0.3 is 9.84 Å². The molecule has 118 valence electrons. The maximum absolute atomic E-state index is 12.0. The number of ether oxygens (including phenoxy) is 1. The number of aromatic carboxylic acids is 1. The van der Waals surface area contributed by atoms with Crippen molar-refractivity contribution < 1.29 is 23.1 Å². The molecule has 1 aromatic rings. The zero-order valence-electron chi connectivity index (χ0n) is 11.6. The molecule has 0 fully saturated rings. The van der Waals surface area contributed by atoms with Gasteiger partial charge in [0, 0.05) is 16.7 Å². The van der Waals surface area contributed by atoms with Crippen LogP contribution < -0.4 is 4.72 Å². The number of carboxylic acids is 1. The average Bonchev–Trinajstić information content (AvgIpc) is 2.42. The molecule has 0 atom stereocenters. The second-order valence-electron chi connectivity index (χ2n) is 4.31. The fraction of sp³-hybridized carbons (Fsp3) is 0.462. The predicted octanol–water partition coefficient (Wildman–Crippen LogP) is 2.08. The third-order valence-electron chi connectivity index (χ3n) is 2.66. The van der Waals surface area contributed by atoms with Crippen LogP contribution in [0.1, 0.15) is 30.1 Å². The van der Waals surface area contributed by atoms with Crippen LogP contribution in [0.25, 0.3) is 0 Å². The van der Waals surface area contributed by atoms with Crippen LogP contribution in [0, 0.1) is 3.57 Å². The summed E-state index contributed by atoms with van der Waals surface area (Å²) in [7, 11) is -3.72. The molecule has 0 saturated carbocycles. The van der Waals surface area contributed by atoms with E-state index in [0.29, 0.717) is 10.2 Å². The number of unbranched alkanes of at least 4 members (excludes halogenated alkanes) is 1. The lowest BCUT2D eigenvalue weighted by Gasteiger charge is -2.08. The van der Waals surface area contributed by atoms with E-state index >= 15 is 0 Å². The molecular formula is C13H18INO5S. The van der Waals surface area contributed by atoms with Crippen molar-refractivity contribution in [2.75, 3.05) is 19.8 Å². The lowest BCUT2D eigenvalue weighted by Crippen LogP contribution is -2.27. The Morgan fingerprint density at radius 1 is 1.38 bits per heavy atom. The summed E-state index contributed by atoms with van der Waals surface area (Å²) in [5, 5.41) is 9.01. The summed E-state index contributed by atoms with van der Waals surface area (Å²) in [6.07, 6.45) is 1.96. The summed E-state index contributed by atoms with van der Waals surface area (Å²) in [6, 6.07) is 4.01. The van der Waals surface area contributed by atoms with E-state index in [-0.39, 0.29) is 23.6 Å². The molecule has 0 heterocycles. The van der Waals surface area contributed by atoms with Crippen LogP contribution in [0.15, 0.2) is 23.1 Å². The van der Waals surface area contributed by atoms with E-state index in [1.807, 2.05) is 29.5 Å². The molecule has 0 aromatic heterocycles. The smallest absolute Gasteiger partial charge is 0.336 e. The Hall–Kier alpha value is -0.710. The minimum Gasteiger partial charge on any atom is -0.478 e. The number of nitrogens with one attached hydrogen (secondary N) is 1. The van der Waals surface area contributed by atoms with Crippen LogP contribution in [0.4, 0.5) is 0 Å². The van der Waals surface area contributed by atoms with Gasteiger partial charge in [0.2, 0.25) is 10.0 Å². The highest BCUT2D eigenvalue weighted by Crippen LogP contribution is 2.17. The normalized spacial score (nSPS) is 11.5. The molecule has 2 N–H and O–H groups in total. The van der Waals surface area contributed by atoms with E-state index in [4.69, 9.17) is 9.84 Å². The predicted molar refractivity (Wildman–Crippen MR) is 87.0 cm³/mol.